The van der Waals surface area contributed by atoms with Crippen LogP contribution in [-0.4, -0.2) is 27.7 Å². The van der Waals surface area contributed by atoms with Gasteiger partial charge in [0.1, 0.15) is 5.65 Å². The topological polar surface area (TPSA) is 78.2 Å². The Bertz CT molecular complexity index is 960. The number of aromatic nitrogens is 2. The van der Waals surface area contributed by atoms with Crippen LogP contribution >= 0.6 is 11.3 Å². The number of fused-ring (bicyclic) bond motifs is 1. The summed E-state index contributed by atoms with van der Waals surface area (Å²) in [4.78, 5) is 18.5. The zero-order valence-electron chi connectivity index (χ0n) is 13.7. The van der Waals surface area contributed by atoms with Gasteiger partial charge in [0.15, 0.2) is 5.75 Å². The molecule has 0 atom stereocenters. The van der Waals surface area contributed by atoms with Crippen LogP contribution in [0.3, 0.4) is 0 Å². The molecule has 7 heteroatoms. The van der Waals surface area contributed by atoms with E-state index in [9.17, 15) is 15.1 Å². The molecule has 6 nitrogen and oxygen atoms in total. The number of nitrogens with zero attached hydrogens (tertiary/aromatic N) is 3. The van der Waals surface area contributed by atoms with E-state index in [1.807, 2.05) is 17.5 Å². The first-order valence-corrected chi connectivity index (χ1v) is 9.30. The molecule has 1 aliphatic rings. The lowest BCUT2D eigenvalue weighted by molar-refractivity contribution is 0.295. The predicted molar refractivity (Wildman–Crippen MR) is 99.8 cm³/mol. The highest BCUT2D eigenvalue weighted by atomic mass is 32.1. The molecular weight excluding hydrogens is 338 g/mol. The zero-order valence-corrected chi connectivity index (χ0v) is 14.5. The Morgan fingerprint density at radius 1 is 1.24 bits per heavy atom. The van der Waals surface area contributed by atoms with Crippen molar-refractivity contribution in [2.24, 2.45) is 0 Å². The molecule has 0 aromatic carbocycles. The van der Waals surface area contributed by atoms with E-state index in [0.717, 1.165) is 24.1 Å². The van der Waals surface area contributed by atoms with Crippen molar-refractivity contribution in [2.45, 2.75) is 25.8 Å². The van der Waals surface area contributed by atoms with Gasteiger partial charge in [0.05, 0.1) is 25.0 Å². The summed E-state index contributed by atoms with van der Waals surface area (Å²) in [5, 5.41) is 26.4. The maximum atomic E-state index is 13.3. The van der Waals surface area contributed by atoms with Crippen molar-refractivity contribution in [2.75, 3.05) is 13.1 Å². The van der Waals surface area contributed by atoms with Crippen LogP contribution in [0.15, 0.2) is 40.6 Å². The number of piperidine rings is 1. The number of rotatable bonds is 3. The van der Waals surface area contributed by atoms with Gasteiger partial charge in [-0.15, -0.1) is 11.3 Å². The fourth-order valence-corrected chi connectivity index (χ4v) is 4.26. The zero-order chi connectivity index (χ0) is 17.4. The summed E-state index contributed by atoms with van der Waals surface area (Å²) in [5.41, 5.74) is -0.0727. The summed E-state index contributed by atoms with van der Waals surface area (Å²) < 4.78 is 0.767. The van der Waals surface area contributed by atoms with Gasteiger partial charge >= 0.3 is 5.56 Å². The molecule has 1 saturated heterocycles. The van der Waals surface area contributed by atoms with E-state index in [2.05, 4.69) is 4.98 Å². The second-order valence-electron chi connectivity index (χ2n) is 6.44. The minimum Gasteiger partial charge on any atom is -0.627 e. The Morgan fingerprint density at radius 2 is 2.04 bits per heavy atom. The van der Waals surface area contributed by atoms with Crippen LogP contribution in [0.1, 0.15) is 24.1 Å². The van der Waals surface area contributed by atoms with E-state index < -0.39 is 10.2 Å². The average Bonchev–Trinajstić information content (AvgIpc) is 3.12. The second-order valence-corrected chi connectivity index (χ2v) is 7.47. The van der Waals surface area contributed by atoms with Crippen molar-refractivity contribution in [3.8, 4) is 5.75 Å². The molecule has 0 spiro atoms. The van der Waals surface area contributed by atoms with Crippen molar-refractivity contribution in [1.82, 2.24) is 14.2 Å². The van der Waals surface area contributed by atoms with Gasteiger partial charge in [-0.2, -0.15) is 0 Å². The average molecular weight is 357 g/mol. The van der Waals surface area contributed by atoms with Crippen LogP contribution in [0.25, 0.3) is 11.0 Å². The molecule has 0 saturated carbocycles. The third-order valence-corrected chi connectivity index (χ3v) is 5.67. The van der Waals surface area contributed by atoms with Crippen LogP contribution in [0.5, 0.6) is 5.75 Å². The molecule has 0 aliphatic carbocycles. The minimum absolute atomic E-state index is 0.0447. The fraction of sp³-hybridized carbons (Fsp3) is 0.333. The first-order chi connectivity index (χ1) is 12.1. The third-order valence-electron chi connectivity index (χ3n) is 4.81. The quantitative estimate of drug-likeness (QED) is 0.577. The van der Waals surface area contributed by atoms with Gasteiger partial charge < -0.3 is 15.0 Å². The number of pyridine rings is 2. The summed E-state index contributed by atoms with van der Waals surface area (Å²) in [7, 11) is 0. The van der Waals surface area contributed by atoms with Gasteiger partial charge in [0, 0.05) is 11.1 Å². The Morgan fingerprint density at radius 3 is 2.76 bits per heavy atom. The normalized spacial score (nSPS) is 17.0. The molecule has 25 heavy (non-hydrogen) atoms. The monoisotopic (exact) mass is 357 g/mol. The molecule has 3 aromatic rings. The van der Waals surface area contributed by atoms with Gasteiger partial charge in [-0.05, 0) is 42.8 Å². The number of hydroxylamine groups is 2. The van der Waals surface area contributed by atoms with Crippen molar-refractivity contribution in [3.05, 3.63) is 56.3 Å². The van der Waals surface area contributed by atoms with Crippen LogP contribution < -0.4 is 10.2 Å². The van der Waals surface area contributed by atoms with Gasteiger partial charge in [-0.1, -0.05) is 6.07 Å². The lowest BCUT2D eigenvalue weighted by Crippen LogP contribution is -2.50. The molecule has 4 rings (SSSR count). The molecule has 3 aromatic heterocycles. The van der Waals surface area contributed by atoms with E-state index in [0.29, 0.717) is 30.7 Å². The summed E-state index contributed by atoms with van der Waals surface area (Å²) in [6.07, 6.45) is 4.10. The fourth-order valence-electron chi connectivity index (χ4n) is 3.57. The highest BCUT2D eigenvalue weighted by Gasteiger charge is 2.33. The molecule has 1 fully saturated rings. The number of thiophene rings is 1. The van der Waals surface area contributed by atoms with E-state index in [-0.39, 0.29) is 11.4 Å². The molecule has 0 amide bonds. The number of hydrogen-bond donors (Lipinski definition) is 1. The maximum Gasteiger partial charge on any atom is 0.318 e. The molecule has 0 radical (unpaired) electrons. The smallest absolute Gasteiger partial charge is 0.318 e. The molecule has 1 N–H and O–H groups in total. The van der Waals surface area contributed by atoms with Gasteiger partial charge in [0.2, 0.25) is 5.69 Å². The van der Waals surface area contributed by atoms with Crippen LogP contribution in [0, 0.1) is 5.21 Å². The molecule has 0 unspecified atom stereocenters. The largest absolute Gasteiger partial charge is 0.627 e. The molecule has 0 bridgehead atoms. The van der Waals surface area contributed by atoms with Gasteiger partial charge in [0.25, 0.3) is 0 Å². The SMILES string of the molecule is O=c1c([N+]2([O-])CCCCC2)c(O)c2cccnc2n1Cc1cccs1. The van der Waals surface area contributed by atoms with Crippen LogP contribution in [-0.2, 0) is 6.54 Å². The molecule has 1 aliphatic heterocycles. The Hall–Kier alpha value is -2.22. The lowest BCUT2D eigenvalue weighted by atomic mass is 10.1. The van der Waals surface area contributed by atoms with E-state index in [4.69, 9.17) is 0 Å². The number of hydrogen-bond acceptors (Lipinski definition) is 5. The molecular formula is C18H19N3O3S. The third kappa shape index (κ3) is 2.74. The van der Waals surface area contributed by atoms with Gasteiger partial charge in [-0.25, -0.2) is 4.98 Å². The van der Waals surface area contributed by atoms with Crippen molar-refractivity contribution in [3.63, 3.8) is 0 Å². The first-order valence-electron chi connectivity index (χ1n) is 8.42. The predicted octanol–water partition coefficient (Wildman–Crippen LogP) is 3.20. The van der Waals surface area contributed by atoms with Crippen molar-refractivity contribution in [1.29, 1.82) is 0 Å². The van der Waals surface area contributed by atoms with E-state index in [1.54, 1.807) is 29.7 Å². The molecule has 4 heterocycles. The van der Waals surface area contributed by atoms with Crippen molar-refractivity contribution < 1.29 is 5.11 Å². The summed E-state index contributed by atoms with van der Waals surface area (Å²) >= 11 is 1.55. The van der Waals surface area contributed by atoms with E-state index >= 15 is 0 Å². The highest BCUT2D eigenvalue weighted by Crippen LogP contribution is 2.36. The maximum absolute atomic E-state index is 13.3. The Kier molecular flexibility index (Phi) is 4.07. The van der Waals surface area contributed by atoms with Crippen LogP contribution in [0.2, 0.25) is 0 Å². The summed E-state index contributed by atoms with van der Waals surface area (Å²) in [5.74, 6) is -0.215. The van der Waals surface area contributed by atoms with Crippen LogP contribution in [0.4, 0.5) is 5.69 Å². The first kappa shape index (κ1) is 16.3. The Balaban J connectivity index is 1.98. The van der Waals surface area contributed by atoms with Gasteiger partial charge in [-0.3, -0.25) is 9.36 Å². The van der Waals surface area contributed by atoms with E-state index in [1.165, 1.54) is 4.57 Å². The highest BCUT2D eigenvalue weighted by molar-refractivity contribution is 7.09. The molecule has 130 valence electrons. The summed E-state index contributed by atoms with van der Waals surface area (Å²) in [6, 6.07) is 7.29. The standard InChI is InChI=1S/C18H19N3O3S/c22-16-14-7-4-8-19-17(14)20(12-13-6-5-11-25-13)18(23)15(16)21(24)9-2-1-3-10-21/h4-8,11,22H,1-3,9-10,12H2. The summed E-state index contributed by atoms with van der Waals surface area (Å²) in [6.45, 7) is 0.998. The number of aromatic hydroxyl groups is 1. The Labute approximate surface area is 148 Å². The minimum atomic E-state index is -0.750. The second kappa shape index (κ2) is 6.25. The van der Waals surface area contributed by atoms with Crippen molar-refractivity contribution >= 4 is 28.1 Å². The number of quaternary nitrogens is 1. The lowest BCUT2D eigenvalue weighted by Gasteiger charge is -2.44.